The summed E-state index contributed by atoms with van der Waals surface area (Å²) in [4.78, 5) is 4.39. The van der Waals surface area contributed by atoms with E-state index in [4.69, 9.17) is 9.31 Å². The van der Waals surface area contributed by atoms with Crippen molar-refractivity contribution in [2.75, 3.05) is 0 Å². The summed E-state index contributed by atoms with van der Waals surface area (Å²) >= 11 is 0. The molecule has 3 rings (SSSR count). The molecule has 0 radical (unpaired) electrons. The molecule has 0 unspecified atom stereocenters. The van der Waals surface area contributed by atoms with Gasteiger partial charge in [0.2, 0.25) is 0 Å². The summed E-state index contributed by atoms with van der Waals surface area (Å²) in [5.41, 5.74) is 0.733. The number of hydrogen-bond acceptors (Lipinski definition) is 4. The third kappa shape index (κ3) is 1.98. The van der Waals surface area contributed by atoms with Crippen molar-refractivity contribution in [3.8, 4) is 5.75 Å². The number of phenols is 1. The van der Waals surface area contributed by atoms with Crippen LogP contribution in [0.3, 0.4) is 0 Å². The first-order valence-electron chi connectivity index (χ1n) is 6.73. The third-order valence-corrected chi connectivity index (χ3v) is 4.23. The van der Waals surface area contributed by atoms with Crippen LogP contribution in [0.1, 0.15) is 27.7 Å². The van der Waals surface area contributed by atoms with Gasteiger partial charge in [-0.3, -0.25) is 4.98 Å². The zero-order valence-corrected chi connectivity index (χ0v) is 12.2. The lowest BCUT2D eigenvalue weighted by Crippen LogP contribution is -2.41. The predicted molar refractivity (Wildman–Crippen MR) is 79.1 cm³/mol. The first kappa shape index (κ1) is 13.4. The minimum absolute atomic E-state index is 0.190. The predicted octanol–water partition coefficient (Wildman–Crippen LogP) is 2.24. The Labute approximate surface area is 118 Å². The topological polar surface area (TPSA) is 51.6 Å². The number of phenolic OH excluding ortho intramolecular Hbond substituents is 1. The van der Waals surface area contributed by atoms with Gasteiger partial charge in [0, 0.05) is 17.0 Å². The van der Waals surface area contributed by atoms with Crippen molar-refractivity contribution in [1.29, 1.82) is 0 Å². The van der Waals surface area contributed by atoms with Crippen molar-refractivity contribution < 1.29 is 14.4 Å². The third-order valence-electron chi connectivity index (χ3n) is 4.23. The van der Waals surface area contributed by atoms with E-state index in [0.717, 1.165) is 16.4 Å². The summed E-state index contributed by atoms with van der Waals surface area (Å²) in [6.45, 7) is 8.02. The number of benzene rings is 1. The minimum atomic E-state index is -0.524. The molecule has 1 fully saturated rings. The van der Waals surface area contributed by atoms with Gasteiger partial charge in [-0.2, -0.15) is 0 Å². The van der Waals surface area contributed by atoms with Crippen LogP contribution in [0.25, 0.3) is 10.9 Å². The Kier molecular flexibility index (Phi) is 2.82. The summed E-state index contributed by atoms with van der Waals surface area (Å²) in [6, 6.07) is 7.11. The average Bonchev–Trinajstić information content (AvgIpc) is 2.57. The van der Waals surface area contributed by atoms with Crippen LogP contribution in [0.4, 0.5) is 0 Å². The summed E-state index contributed by atoms with van der Waals surface area (Å²) in [6.07, 6.45) is 1.73. The van der Waals surface area contributed by atoms with Crippen molar-refractivity contribution in [2.24, 2.45) is 0 Å². The molecule has 0 aliphatic carbocycles. The number of hydrogen-bond donors (Lipinski definition) is 1. The number of nitrogens with zero attached hydrogens (tertiary/aromatic N) is 1. The quantitative estimate of drug-likeness (QED) is 0.808. The molecule has 0 amide bonds. The van der Waals surface area contributed by atoms with Gasteiger partial charge in [0.05, 0.1) is 16.7 Å². The fourth-order valence-electron chi connectivity index (χ4n) is 2.35. The van der Waals surface area contributed by atoms with E-state index >= 15 is 0 Å². The van der Waals surface area contributed by atoms with E-state index in [1.165, 1.54) is 0 Å². The average molecular weight is 271 g/mol. The highest BCUT2D eigenvalue weighted by Crippen LogP contribution is 2.37. The summed E-state index contributed by atoms with van der Waals surface area (Å²) < 4.78 is 12.1. The largest absolute Gasteiger partial charge is 0.508 e. The number of aromatic nitrogens is 1. The van der Waals surface area contributed by atoms with E-state index in [0.29, 0.717) is 0 Å². The lowest BCUT2D eigenvalue weighted by Gasteiger charge is -2.32. The monoisotopic (exact) mass is 271 g/mol. The lowest BCUT2D eigenvalue weighted by atomic mass is 9.77. The number of aromatic hydroxyl groups is 1. The van der Waals surface area contributed by atoms with Gasteiger partial charge < -0.3 is 14.4 Å². The molecule has 104 valence electrons. The Hall–Kier alpha value is -1.59. The van der Waals surface area contributed by atoms with Gasteiger partial charge in [0.15, 0.2) is 0 Å². The molecule has 0 spiro atoms. The number of pyridine rings is 1. The maximum absolute atomic E-state index is 9.89. The smallest absolute Gasteiger partial charge is 0.497 e. The van der Waals surface area contributed by atoms with Gasteiger partial charge >= 0.3 is 7.12 Å². The van der Waals surface area contributed by atoms with E-state index in [-0.39, 0.29) is 5.75 Å². The van der Waals surface area contributed by atoms with Gasteiger partial charge in [-0.15, -0.1) is 0 Å². The van der Waals surface area contributed by atoms with E-state index < -0.39 is 18.3 Å². The molecular weight excluding hydrogens is 253 g/mol. The molecule has 1 N–H and O–H groups in total. The fourth-order valence-corrected chi connectivity index (χ4v) is 2.35. The van der Waals surface area contributed by atoms with Crippen LogP contribution in [-0.4, -0.2) is 28.4 Å². The van der Waals surface area contributed by atoms with Crippen LogP contribution in [0.5, 0.6) is 5.75 Å². The van der Waals surface area contributed by atoms with Crippen molar-refractivity contribution in [3.05, 3.63) is 30.5 Å². The van der Waals surface area contributed by atoms with Crippen molar-refractivity contribution in [1.82, 2.24) is 4.98 Å². The van der Waals surface area contributed by atoms with Crippen LogP contribution in [0, 0.1) is 0 Å². The van der Waals surface area contributed by atoms with Crippen LogP contribution >= 0.6 is 0 Å². The van der Waals surface area contributed by atoms with E-state index in [9.17, 15) is 5.11 Å². The molecule has 1 aromatic carbocycles. The standard InChI is InChI=1S/C15H18BNO3/c1-14(2)15(3,4)20-16(19-14)12-9-11(18)8-10-6-5-7-17-13(10)12/h5-9,18H,1-4H3. The number of fused-ring (bicyclic) bond motifs is 1. The molecule has 1 saturated heterocycles. The molecule has 0 bridgehead atoms. The lowest BCUT2D eigenvalue weighted by molar-refractivity contribution is 0.00578. The summed E-state index contributed by atoms with van der Waals surface area (Å²) in [5.74, 6) is 0.190. The van der Waals surface area contributed by atoms with Crippen LogP contribution in [0.15, 0.2) is 30.5 Å². The fraction of sp³-hybridized carbons (Fsp3) is 0.400. The zero-order chi connectivity index (χ0) is 14.5. The molecule has 20 heavy (non-hydrogen) atoms. The SMILES string of the molecule is CC1(C)OB(c2cc(O)cc3cccnc23)OC1(C)C. The minimum Gasteiger partial charge on any atom is -0.508 e. The molecule has 1 aliphatic heterocycles. The summed E-state index contributed by atoms with van der Waals surface area (Å²) in [7, 11) is -0.524. The van der Waals surface area contributed by atoms with Crippen molar-refractivity contribution in [3.63, 3.8) is 0 Å². The van der Waals surface area contributed by atoms with Crippen molar-refractivity contribution in [2.45, 2.75) is 38.9 Å². The maximum atomic E-state index is 9.89. The Morgan fingerprint density at radius 1 is 1.10 bits per heavy atom. The highest BCUT2D eigenvalue weighted by molar-refractivity contribution is 6.65. The Bertz CT molecular complexity index is 653. The van der Waals surface area contributed by atoms with E-state index in [1.54, 1.807) is 18.3 Å². The second-order valence-corrected chi connectivity index (χ2v) is 6.20. The second kappa shape index (κ2) is 4.20. The Morgan fingerprint density at radius 2 is 1.75 bits per heavy atom. The van der Waals surface area contributed by atoms with Gasteiger partial charge in [-0.25, -0.2) is 0 Å². The van der Waals surface area contributed by atoms with Crippen LogP contribution in [-0.2, 0) is 9.31 Å². The summed E-state index contributed by atoms with van der Waals surface area (Å²) in [5, 5.41) is 10.8. The first-order chi connectivity index (χ1) is 9.30. The molecule has 2 heterocycles. The normalized spacial score (nSPS) is 20.5. The molecular formula is C15H18BNO3. The van der Waals surface area contributed by atoms with E-state index in [2.05, 4.69) is 4.98 Å². The van der Waals surface area contributed by atoms with Gasteiger partial charge in [-0.1, -0.05) is 6.07 Å². The van der Waals surface area contributed by atoms with Crippen LogP contribution < -0.4 is 5.46 Å². The number of rotatable bonds is 1. The molecule has 0 saturated carbocycles. The molecule has 2 aromatic rings. The van der Waals surface area contributed by atoms with E-state index in [1.807, 2.05) is 39.8 Å². The molecule has 0 atom stereocenters. The second-order valence-electron chi connectivity index (χ2n) is 6.20. The molecule has 5 heteroatoms. The zero-order valence-electron chi connectivity index (χ0n) is 12.2. The Balaban J connectivity index is 2.12. The Morgan fingerprint density at radius 3 is 2.40 bits per heavy atom. The highest BCUT2D eigenvalue weighted by atomic mass is 16.7. The highest BCUT2D eigenvalue weighted by Gasteiger charge is 2.52. The van der Waals surface area contributed by atoms with Gasteiger partial charge in [0.25, 0.3) is 0 Å². The molecule has 1 aliphatic rings. The van der Waals surface area contributed by atoms with Gasteiger partial charge in [-0.05, 0) is 45.9 Å². The molecule has 4 nitrogen and oxygen atoms in total. The first-order valence-corrected chi connectivity index (χ1v) is 6.73. The van der Waals surface area contributed by atoms with Crippen molar-refractivity contribution >= 4 is 23.5 Å². The van der Waals surface area contributed by atoms with Gasteiger partial charge in [0.1, 0.15) is 5.75 Å². The van der Waals surface area contributed by atoms with Crippen LogP contribution in [0.2, 0.25) is 0 Å². The maximum Gasteiger partial charge on any atom is 0.497 e. The molecule has 1 aromatic heterocycles.